The second-order valence-corrected chi connectivity index (χ2v) is 9.44. The van der Waals surface area contributed by atoms with Crippen LogP contribution in [0.2, 0.25) is 0 Å². The zero-order valence-electron chi connectivity index (χ0n) is 19.9. The smallest absolute Gasteiger partial charge is 0.256 e. The molecule has 9 heteroatoms. The van der Waals surface area contributed by atoms with Crippen LogP contribution in [0, 0.1) is 11.7 Å². The van der Waals surface area contributed by atoms with Crippen molar-refractivity contribution >= 4 is 17.5 Å². The average molecular weight is 482 g/mol. The molecule has 3 unspecified atom stereocenters. The van der Waals surface area contributed by atoms with Gasteiger partial charge in [0.05, 0.1) is 24.3 Å². The molecular formula is C26H32FN5O3. The van der Waals surface area contributed by atoms with Gasteiger partial charge in [-0.3, -0.25) is 15.0 Å². The number of methoxy groups -OCH3 is 1. The topological polar surface area (TPSA) is 85.9 Å². The number of hydrogen-bond donors (Lipinski definition) is 3. The van der Waals surface area contributed by atoms with Crippen LogP contribution >= 0.6 is 0 Å². The molecule has 2 aromatic rings. The number of hydrazine groups is 1. The van der Waals surface area contributed by atoms with Crippen molar-refractivity contribution in [1.82, 2.24) is 21.1 Å². The van der Waals surface area contributed by atoms with Crippen LogP contribution in [0.1, 0.15) is 28.8 Å². The molecule has 5 rings (SSSR count). The number of nitrogens with one attached hydrogen (secondary N) is 3. The summed E-state index contributed by atoms with van der Waals surface area (Å²) in [5, 5.41) is 3.46. The molecule has 3 aliphatic heterocycles. The van der Waals surface area contributed by atoms with Gasteiger partial charge in [0.2, 0.25) is 5.91 Å². The second-order valence-electron chi connectivity index (χ2n) is 9.44. The largest absolute Gasteiger partial charge is 0.495 e. The molecule has 3 atom stereocenters. The third-order valence-corrected chi connectivity index (χ3v) is 7.37. The fraction of sp³-hybridized carbons (Fsp3) is 0.462. The quantitative estimate of drug-likeness (QED) is 0.603. The lowest BCUT2D eigenvalue weighted by Gasteiger charge is -2.41. The SMILES string of the molecule is COc1ccccc1N1CCN(C(=O)c2cc(CC3NNC(=O)C4CCCNC34)ccc2F)CC1. The summed E-state index contributed by atoms with van der Waals surface area (Å²) in [6, 6.07) is 12.6. The molecule has 3 saturated heterocycles. The molecule has 3 aliphatic rings. The zero-order chi connectivity index (χ0) is 24.4. The number of fused-ring (bicyclic) bond motifs is 1. The normalized spacial score (nSPS) is 24.5. The standard InChI is InChI=1S/C26H32FN5O3/c1-35-23-7-3-2-6-22(23)31-11-13-32(14-12-31)26(34)19-15-17(8-9-20(19)27)16-21-24-18(5-4-10-28-24)25(33)30-29-21/h2-3,6-9,15,18,21,24,28-29H,4-5,10-14,16H2,1H3,(H,30,33). The van der Waals surface area contributed by atoms with E-state index in [1.807, 2.05) is 24.3 Å². The van der Waals surface area contributed by atoms with Crippen molar-refractivity contribution in [2.24, 2.45) is 5.92 Å². The first-order chi connectivity index (χ1) is 17.0. The summed E-state index contributed by atoms with van der Waals surface area (Å²) < 4.78 is 20.2. The van der Waals surface area contributed by atoms with Gasteiger partial charge in [-0.25, -0.2) is 9.82 Å². The number of piperazine rings is 1. The van der Waals surface area contributed by atoms with Crippen LogP contribution in [0.4, 0.5) is 10.1 Å². The molecule has 2 aromatic carbocycles. The van der Waals surface area contributed by atoms with Crippen molar-refractivity contribution in [2.45, 2.75) is 31.3 Å². The Balaban J connectivity index is 1.26. The summed E-state index contributed by atoms with van der Waals surface area (Å²) in [4.78, 5) is 29.4. The van der Waals surface area contributed by atoms with E-state index >= 15 is 0 Å². The van der Waals surface area contributed by atoms with E-state index < -0.39 is 5.82 Å². The molecule has 0 bridgehead atoms. The third kappa shape index (κ3) is 4.83. The minimum atomic E-state index is -0.510. The van der Waals surface area contributed by atoms with Gasteiger partial charge >= 0.3 is 0 Å². The van der Waals surface area contributed by atoms with Gasteiger partial charge in [-0.15, -0.1) is 0 Å². The van der Waals surface area contributed by atoms with E-state index in [2.05, 4.69) is 21.1 Å². The van der Waals surface area contributed by atoms with E-state index in [1.165, 1.54) is 6.07 Å². The van der Waals surface area contributed by atoms with Crippen LogP contribution in [0.25, 0.3) is 0 Å². The molecule has 3 heterocycles. The second kappa shape index (κ2) is 10.2. The third-order valence-electron chi connectivity index (χ3n) is 7.37. The maximum atomic E-state index is 14.8. The number of nitrogens with zero attached hydrogens (tertiary/aromatic N) is 2. The Morgan fingerprint density at radius 2 is 1.94 bits per heavy atom. The Hall–Kier alpha value is -3.17. The Kier molecular flexibility index (Phi) is 6.88. The maximum absolute atomic E-state index is 14.8. The lowest BCUT2D eigenvalue weighted by atomic mass is 9.82. The number of hydrogen-bond acceptors (Lipinski definition) is 6. The van der Waals surface area contributed by atoms with Crippen molar-refractivity contribution in [1.29, 1.82) is 0 Å². The van der Waals surface area contributed by atoms with Crippen molar-refractivity contribution in [3.8, 4) is 5.75 Å². The predicted molar refractivity (Wildman–Crippen MR) is 131 cm³/mol. The molecule has 8 nitrogen and oxygen atoms in total. The summed E-state index contributed by atoms with van der Waals surface area (Å²) in [6.07, 6.45) is 2.41. The number of halogens is 1. The van der Waals surface area contributed by atoms with Crippen molar-refractivity contribution in [2.75, 3.05) is 44.7 Å². The highest BCUT2D eigenvalue weighted by Gasteiger charge is 2.40. The molecule has 0 spiro atoms. The number of carbonyl (C=O) groups excluding carboxylic acids is 2. The first-order valence-corrected chi connectivity index (χ1v) is 12.3. The molecule has 0 radical (unpaired) electrons. The number of rotatable bonds is 5. The highest BCUT2D eigenvalue weighted by molar-refractivity contribution is 5.95. The first kappa shape index (κ1) is 23.6. The molecule has 2 amide bonds. The number of ether oxygens (including phenoxy) is 1. The molecule has 3 N–H and O–H groups in total. The molecule has 3 fully saturated rings. The number of piperidine rings is 1. The van der Waals surface area contributed by atoms with Gasteiger partial charge in [0, 0.05) is 38.3 Å². The molecule has 0 saturated carbocycles. The molecule has 0 aliphatic carbocycles. The summed E-state index contributed by atoms with van der Waals surface area (Å²) in [7, 11) is 1.65. The highest BCUT2D eigenvalue weighted by atomic mass is 19.1. The predicted octanol–water partition coefficient (Wildman–Crippen LogP) is 1.71. The minimum absolute atomic E-state index is 0.0145. The maximum Gasteiger partial charge on any atom is 0.256 e. The summed E-state index contributed by atoms with van der Waals surface area (Å²) in [6.45, 7) is 3.18. The van der Waals surface area contributed by atoms with E-state index in [0.29, 0.717) is 32.6 Å². The van der Waals surface area contributed by atoms with Crippen LogP contribution in [-0.4, -0.2) is 68.6 Å². The van der Waals surface area contributed by atoms with E-state index in [9.17, 15) is 14.0 Å². The monoisotopic (exact) mass is 481 g/mol. The van der Waals surface area contributed by atoms with E-state index in [0.717, 1.165) is 36.4 Å². The lowest BCUT2D eigenvalue weighted by Crippen LogP contribution is -2.67. The van der Waals surface area contributed by atoms with Gasteiger partial charge in [0.25, 0.3) is 5.91 Å². The molecule has 35 heavy (non-hydrogen) atoms. The number of benzene rings is 2. The average Bonchev–Trinajstić information content (AvgIpc) is 2.91. The first-order valence-electron chi connectivity index (χ1n) is 12.3. The fourth-order valence-electron chi connectivity index (χ4n) is 5.48. The number of anilines is 1. The summed E-state index contributed by atoms with van der Waals surface area (Å²) in [5.41, 5.74) is 7.85. The van der Waals surface area contributed by atoms with Gasteiger partial charge in [0.1, 0.15) is 11.6 Å². The Morgan fingerprint density at radius 1 is 1.14 bits per heavy atom. The van der Waals surface area contributed by atoms with Gasteiger partial charge < -0.3 is 19.9 Å². The van der Waals surface area contributed by atoms with E-state index in [-0.39, 0.29) is 35.4 Å². The highest BCUT2D eigenvalue weighted by Crippen LogP contribution is 2.29. The molecular weight excluding hydrogens is 449 g/mol. The zero-order valence-corrected chi connectivity index (χ0v) is 19.9. The number of amides is 2. The van der Waals surface area contributed by atoms with Crippen LogP contribution in [-0.2, 0) is 11.2 Å². The van der Waals surface area contributed by atoms with Gasteiger partial charge in [-0.1, -0.05) is 18.2 Å². The van der Waals surface area contributed by atoms with Gasteiger partial charge in [0.15, 0.2) is 0 Å². The molecule has 0 aromatic heterocycles. The summed E-state index contributed by atoms with van der Waals surface area (Å²) >= 11 is 0. The fourth-order valence-corrected chi connectivity index (χ4v) is 5.48. The number of para-hydroxylation sites is 2. The Bertz CT molecular complexity index is 1090. The van der Waals surface area contributed by atoms with Crippen LogP contribution < -0.4 is 25.8 Å². The Labute approximate surface area is 204 Å². The van der Waals surface area contributed by atoms with Gasteiger partial charge in [-0.05, 0) is 55.6 Å². The summed E-state index contributed by atoms with van der Waals surface area (Å²) in [5.74, 6) is -0.0583. The Morgan fingerprint density at radius 3 is 2.74 bits per heavy atom. The van der Waals surface area contributed by atoms with E-state index in [1.54, 1.807) is 24.1 Å². The van der Waals surface area contributed by atoms with E-state index in [4.69, 9.17) is 4.74 Å². The van der Waals surface area contributed by atoms with Crippen molar-refractivity contribution in [3.63, 3.8) is 0 Å². The number of carbonyl (C=O) groups is 2. The molecule has 186 valence electrons. The van der Waals surface area contributed by atoms with Crippen LogP contribution in [0.15, 0.2) is 42.5 Å². The van der Waals surface area contributed by atoms with Crippen molar-refractivity contribution < 1.29 is 18.7 Å². The van der Waals surface area contributed by atoms with Gasteiger partial charge in [-0.2, -0.15) is 0 Å². The van der Waals surface area contributed by atoms with Crippen molar-refractivity contribution in [3.05, 3.63) is 59.4 Å². The van der Waals surface area contributed by atoms with Crippen LogP contribution in [0.5, 0.6) is 5.75 Å². The minimum Gasteiger partial charge on any atom is -0.495 e. The lowest BCUT2D eigenvalue weighted by molar-refractivity contribution is -0.131. The van der Waals surface area contributed by atoms with Crippen LogP contribution in [0.3, 0.4) is 0 Å².